The lowest BCUT2D eigenvalue weighted by Gasteiger charge is -2.52. The summed E-state index contributed by atoms with van der Waals surface area (Å²) < 4.78 is 0. The second-order valence-corrected chi connectivity index (χ2v) is 13.3. The first-order valence-corrected chi connectivity index (χ1v) is 16.3. The summed E-state index contributed by atoms with van der Waals surface area (Å²) in [6.07, 6.45) is 6.24. The van der Waals surface area contributed by atoms with Gasteiger partial charge in [0.2, 0.25) is 11.8 Å². The van der Waals surface area contributed by atoms with Gasteiger partial charge in [-0.2, -0.15) is 0 Å². The minimum Gasteiger partial charge on any atom is -0.347 e. The second kappa shape index (κ2) is 13.4. The Kier molecular flexibility index (Phi) is 9.57. The van der Waals surface area contributed by atoms with Crippen molar-refractivity contribution in [1.82, 2.24) is 15.5 Å². The number of nitrogens with zero attached hydrogens (tertiary/aromatic N) is 1. The van der Waals surface area contributed by atoms with Gasteiger partial charge in [0.25, 0.3) is 5.91 Å². The van der Waals surface area contributed by atoms with Crippen LogP contribution in [0, 0.1) is 5.41 Å². The zero-order valence-corrected chi connectivity index (χ0v) is 26.7. The summed E-state index contributed by atoms with van der Waals surface area (Å²) in [6, 6.07) is 25.1. The van der Waals surface area contributed by atoms with E-state index in [2.05, 4.69) is 55.7 Å². The summed E-state index contributed by atoms with van der Waals surface area (Å²) in [4.78, 5) is 43.0. The van der Waals surface area contributed by atoms with E-state index in [1.165, 1.54) is 5.56 Å². The molecule has 3 aromatic carbocycles. The highest BCUT2D eigenvalue weighted by Crippen LogP contribution is 2.53. The smallest absolute Gasteiger partial charge is 0.252 e. The molecule has 2 N–H and O–H groups in total. The van der Waals surface area contributed by atoms with Crippen molar-refractivity contribution in [2.75, 3.05) is 13.6 Å². The third-order valence-corrected chi connectivity index (χ3v) is 10.0. The molecular weight excluding hydrogens is 546 g/mol. The lowest BCUT2D eigenvalue weighted by molar-refractivity contribution is -0.143. The molecule has 3 fully saturated rings. The van der Waals surface area contributed by atoms with Crippen molar-refractivity contribution in [3.8, 4) is 11.1 Å². The van der Waals surface area contributed by atoms with Crippen LogP contribution in [0.3, 0.4) is 0 Å². The summed E-state index contributed by atoms with van der Waals surface area (Å²) in [7, 11) is 1.81. The number of carbonyl (C=O) groups is 3. The molecule has 3 aromatic rings. The van der Waals surface area contributed by atoms with Gasteiger partial charge >= 0.3 is 0 Å². The molecule has 2 bridgehead atoms. The van der Waals surface area contributed by atoms with Crippen molar-refractivity contribution in [3.05, 3.63) is 95.6 Å². The summed E-state index contributed by atoms with van der Waals surface area (Å²) in [5.74, 6) is 0.265. The van der Waals surface area contributed by atoms with Crippen LogP contribution in [0.1, 0.15) is 106 Å². The second-order valence-electron chi connectivity index (χ2n) is 13.3. The SMILES string of the molecule is CCCCN(C)C(=O)[C@@H](NC(=O)C12CCC(NC(=O)c3ccccc3-c3ccc(C(C)C)cc3)(CC1)CC2)c1ccccc1. The molecule has 0 heterocycles. The maximum absolute atomic E-state index is 13.9. The van der Waals surface area contributed by atoms with Gasteiger partial charge in [-0.25, -0.2) is 0 Å². The summed E-state index contributed by atoms with van der Waals surface area (Å²) in [6.45, 7) is 7.12. The van der Waals surface area contributed by atoms with E-state index in [1.807, 2.05) is 61.6 Å². The van der Waals surface area contributed by atoms with Crippen molar-refractivity contribution < 1.29 is 14.4 Å². The van der Waals surface area contributed by atoms with E-state index in [4.69, 9.17) is 0 Å². The Morgan fingerprint density at radius 1 is 0.795 bits per heavy atom. The fourth-order valence-electron chi connectivity index (χ4n) is 6.95. The monoisotopic (exact) mass is 593 g/mol. The van der Waals surface area contributed by atoms with Crippen LogP contribution in [0.25, 0.3) is 11.1 Å². The Morgan fingerprint density at radius 3 is 2.02 bits per heavy atom. The van der Waals surface area contributed by atoms with Crippen LogP contribution in [0.15, 0.2) is 78.9 Å². The molecule has 232 valence electrons. The van der Waals surface area contributed by atoms with Crippen molar-refractivity contribution in [3.63, 3.8) is 0 Å². The third-order valence-electron chi connectivity index (χ3n) is 10.0. The van der Waals surface area contributed by atoms with E-state index < -0.39 is 11.5 Å². The van der Waals surface area contributed by atoms with Crippen LogP contribution < -0.4 is 10.6 Å². The largest absolute Gasteiger partial charge is 0.347 e. The number of rotatable bonds is 11. The number of unbranched alkanes of at least 4 members (excludes halogenated alkanes) is 1. The van der Waals surface area contributed by atoms with Gasteiger partial charge in [-0.05, 0) is 79.2 Å². The molecule has 3 amide bonds. The topological polar surface area (TPSA) is 78.5 Å². The van der Waals surface area contributed by atoms with E-state index in [1.54, 1.807) is 4.90 Å². The highest BCUT2D eigenvalue weighted by Gasteiger charge is 2.53. The quantitative estimate of drug-likeness (QED) is 0.243. The molecule has 3 saturated carbocycles. The van der Waals surface area contributed by atoms with Crippen LogP contribution in [0.4, 0.5) is 0 Å². The average molecular weight is 594 g/mol. The molecule has 6 nitrogen and oxygen atoms in total. The third kappa shape index (κ3) is 6.59. The summed E-state index contributed by atoms with van der Waals surface area (Å²) >= 11 is 0. The fraction of sp³-hybridized carbons (Fsp3) is 0.447. The van der Waals surface area contributed by atoms with E-state index in [0.717, 1.165) is 48.8 Å². The van der Waals surface area contributed by atoms with E-state index in [9.17, 15) is 14.4 Å². The van der Waals surface area contributed by atoms with Crippen LogP contribution in [0.2, 0.25) is 0 Å². The zero-order valence-electron chi connectivity index (χ0n) is 26.7. The molecule has 0 aliphatic heterocycles. The minimum absolute atomic E-state index is 0.0431. The number of nitrogens with one attached hydrogen (secondary N) is 2. The van der Waals surface area contributed by atoms with Crippen molar-refractivity contribution >= 4 is 17.7 Å². The van der Waals surface area contributed by atoms with E-state index in [-0.39, 0.29) is 23.3 Å². The average Bonchev–Trinajstić information content (AvgIpc) is 3.06. The predicted octanol–water partition coefficient (Wildman–Crippen LogP) is 7.42. The molecule has 44 heavy (non-hydrogen) atoms. The lowest BCUT2D eigenvalue weighted by Crippen LogP contribution is -2.60. The van der Waals surface area contributed by atoms with Gasteiger partial charge in [0.1, 0.15) is 6.04 Å². The normalized spacial score (nSPS) is 21.5. The molecule has 0 saturated heterocycles. The Balaban J connectivity index is 1.27. The molecular formula is C38H47N3O3. The number of amides is 3. The molecule has 3 aliphatic rings. The maximum atomic E-state index is 13.9. The van der Waals surface area contributed by atoms with Gasteiger partial charge in [0.15, 0.2) is 0 Å². The molecule has 1 atom stereocenters. The molecule has 0 unspecified atom stereocenters. The Hall–Kier alpha value is -3.93. The van der Waals surface area contributed by atoms with Crippen molar-refractivity contribution in [2.24, 2.45) is 5.41 Å². The van der Waals surface area contributed by atoms with Gasteiger partial charge < -0.3 is 15.5 Å². The number of fused-ring (bicyclic) bond motifs is 3. The highest BCUT2D eigenvalue weighted by molar-refractivity contribution is 6.01. The molecule has 0 spiro atoms. The summed E-state index contributed by atoms with van der Waals surface area (Å²) in [5, 5.41) is 6.59. The van der Waals surface area contributed by atoms with Gasteiger partial charge in [-0.15, -0.1) is 0 Å². The first-order valence-electron chi connectivity index (χ1n) is 16.3. The Labute approximate surface area is 262 Å². The van der Waals surface area contributed by atoms with Crippen LogP contribution in [-0.2, 0) is 9.59 Å². The van der Waals surface area contributed by atoms with E-state index >= 15 is 0 Å². The van der Waals surface area contributed by atoms with Crippen molar-refractivity contribution in [1.29, 1.82) is 0 Å². The number of hydrogen-bond donors (Lipinski definition) is 2. The van der Waals surface area contributed by atoms with Crippen LogP contribution in [-0.4, -0.2) is 41.8 Å². The number of hydrogen-bond acceptors (Lipinski definition) is 3. The predicted molar refractivity (Wildman–Crippen MR) is 176 cm³/mol. The van der Waals surface area contributed by atoms with Gasteiger partial charge in [-0.3, -0.25) is 14.4 Å². The van der Waals surface area contributed by atoms with Crippen LogP contribution >= 0.6 is 0 Å². The fourth-order valence-corrected chi connectivity index (χ4v) is 6.95. The molecule has 6 heteroatoms. The molecule has 0 radical (unpaired) electrons. The number of likely N-dealkylation sites (N-methyl/N-ethyl adjacent to an activating group) is 1. The Bertz CT molecular complexity index is 1440. The van der Waals surface area contributed by atoms with Gasteiger partial charge in [0, 0.05) is 30.1 Å². The Morgan fingerprint density at radius 2 is 1.41 bits per heavy atom. The zero-order chi connectivity index (χ0) is 31.3. The van der Waals surface area contributed by atoms with E-state index in [0.29, 0.717) is 37.3 Å². The molecule has 6 rings (SSSR count). The number of carbonyl (C=O) groups excluding carboxylic acids is 3. The van der Waals surface area contributed by atoms with Crippen LogP contribution in [0.5, 0.6) is 0 Å². The van der Waals surface area contributed by atoms with Gasteiger partial charge in [-0.1, -0.05) is 100.0 Å². The highest BCUT2D eigenvalue weighted by atomic mass is 16.2. The standard InChI is InChI=1S/C38H47N3O3/c1-5-6-26-41(4)35(43)33(30-12-8-7-9-13-30)39-36(44)37-20-23-38(24-21-37,25-22-37)40-34(42)32-15-11-10-14-31(32)29-18-16-28(17-19-29)27(2)3/h7-19,27,33H,5-6,20-26H2,1-4H3,(H,39,44)(H,40,42)/t33-,37?,38?/m0/s1. The maximum Gasteiger partial charge on any atom is 0.252 e. The molecule has 3 aliphatic carbocycles. The first kappa shape index (κ1) is 31.5. The first-order chi connectivity index (χ1) is 21.2. The minimum atomic E-state index is -0.709. The number of benzene rings is 3. The van der Waals surface area contributed by atoms with Gasteiger partial charge in [0.05, 0.1) is 0 Å². The van der Waals surface area contributed by atoms with Crippen molar-refractivity contribution in [2.45, 2.75) is 89.6 Å². The lowest BCUT2D eigenvalue weighted by atomic mass is 9.56. The summed E-state index contributed by atoms with van der Waals surface area (Å²) in [5.41, 5.74) is 3.88. The molecule has 0 aromatic heterocycles.